The Labute approximate surface area is 163 Å². The normalized spacial score (nSPS) is 10.7. The number of carbonyl (C=O) groups is 2. The van der Waals surface area contributed by atoms with Crippen LogP contribution in [0.25, 0.3) is 10.2 Å². The SMILES string of the molecule is CCOC(=O)c1cc(NC(=O)CSc2nc3ccccc3s2)ccc1Cl. The number of anilines is 1. The lowest BCUT2D eigenvalue weighted by Crippen LogP contribution is -2.15. The van der Waals surface area contributed by atoms with Crippen LogP contribution in [-0.4, -0.2) is 29.2 Å². The summed E-state index contributed by atoms with van der Waals surface area (Å²) in [5, 5.41) is 3.04. The summed E-state index contributed by atoms with van der Waals surface area (Å²) in [6, 6.07) is 12.6. The van der Waals surface area contributed by atoms with Gasteiger partial charge in [-0.05, 0) is 37.3 Å². The largest absolute Gasteiger partial charge is 0.462 e. The van der Waals surface area contributed by atoms with Gasteiger partial charge in [0.1, 0.15) is 0 Å². The zero-order valence-electron chi connectivity index (χ0n) is 13.8. The number of hydrogen-bond donors (Lipinski definition) is 1. The first-order chi connectivity index (χ1) is 12.6. The van der Waals surface area contributed by atoms with Gasteiger partial charge in [-0.15, -0.1) is 11.3 Å². The van der Waals surface area contributed by atoms with E-state index < -0.39 is 5.97 Å². The lowest BCUT2D eigenvalue weighted by Gasteiger charge is -2.08. The zero-order valence-corrected chi connectivity index (χ0v) is 16.2. The molecule has 3 rings (SSSR count). The second-order valence-electron chi connectivity index (χ2n) is 5.20. The number of hydrogen-bond acceptors (Lipinski definition) is 6. The van der Waals surface area contributed by atoms with Crippen molar-refractivity contribution in [2.24, 2.45) is 0 Å². The summed E-state index contributed by atoms with van der Waals surface area (Å²) in [6.07, 6.45) is 0. The number of thiazole rings is 1. The quantitative estimate of drug-likeness (QED) is 0.467. The lowest BCUT2D eigenvalue weighted by atomic mass is 10.2. The highest BCUT2D eigenvalue weighted by Crippen LogP contribution is 2.29. The zero-order chi connectivity index (χ0) is 18.5. The number of halogens is 1. The first kappa shape index (κ1) is 18.7. The van der Waals surface area contributed by atoms with Crippen LogP contribution in [0, 0.1) is 0 Å². The molecule has 5 nitrogen and oxygen atoms in total. The van der Waals surface area contributed by atoms with Crippen LogP contribution >= 0.6 is 34.7 Å². The highest BCUT2D eigenvalue weighted by molar-refractivity contribution is 8.01. The Hall–Kier alpha value is -2.09. The summed E-state index contributed by atoms with van der Waals surface area (Å²) in [5.41, 5.74) is 1.65. The summed E-state index contributed by atoms with van der Waals surface area (Å²) in [5.74, 6) is -0.485. The Bertz CT molecular complexity index is 926. The molecular formula is C18H15ClN2O3S2. The van der Waals surface area contributed by atoms with Crippen molar-refractivity contribution >= 4 is 62.5 Å². The number of rotatable bonds is 6. The van der Waals surface area contributed by atoms with E-state index in [0.29, 0.717) is 5.69 Å². The molecular weight excluding hydrogens is 392 g/mol. The molecule has 0 spiro atoms. The number of fused-ring (bicyclic) bond motifs is 1. The molecule has 3 aromatic rings. The van der Waals surface area contributed by atoms with Crippen molar-refractivity contribution in [1.29, 1.82) is 0 Å². The third-order valence-electron chi connectivity index (χ3n) is 3.35. The lowest BCUT2D eigenvalue weighted by molar-refractivity contribution is -0.113. The van der Waals surface area contributed by atoms with Crippen molar-refractivity contribution in [3.63, 3.8) is 0 Å². The molecule has 0 aliphatic rings. The standard InChI is InChI=1S/C18H15ClN2O3S2/c1-2-24-17(23)12-9-11(7-8-13(12)19)20-16(22)10-25-18-21-14-5-3-4-6-15(14)26-18/h3-9H,2,10H2,1H3,(H,20,22). The molecule has 0 aliphatic carbocycles. The van der Waals surface area contributed by atoms with Crippen molar-refractivity contribution in [3.05, 3.63) is 53.1 Å². The fourth-order valence-electron chi connectivity index (χ4n) is 2.21. The average Bonchev–Trinajstić information content (AvgIpc) is 3.05. The molecule has 1 amide bonds. The van der Waals surface area contributed by atoms with E-state index in [-0.39, 0.29) is 28.9 Å². The molecule has 0 radical (unpaired) electrons. The predicted octanol–water partition coefficient (Wildman–Crippen LogP) is 4.86. The Morgan fingerprint density at radius 3 is 2.85 bits per heavy atom. The van der Waals surface area contributed by atoms with Gasteiger partial charge in [-0.3, -0.25) is 4.79 Å². The highest BCUT2D eigenvalue weighted by Gasteiger charge is 2.14. The number of carbonyl (C=O) groups excluding carboxylic acids is 2. The predicted molar refractivity (Wildman–Crippen MR) is 106 cm³/mol. The molecule has 1 aromatic heterocycles. The molecule has 1 N–H and O–H groups in total. The van der Waals surface area contributed by atoms with Gasteiger partial charge in [0, 0.05) is 5.69 Å². The van der Waals surface area contributed by atoms with Gasteiger partial charge in [0.2, 0.25) is 5.91 Å². The number of amides is 1. The van der Waals surface area contributed by atoms with Gasteiger partial charge in [0.25, 0.3) is 0 Å². The number of thioether (sulfide) groups is 1. The molecule has 134 valence electrons. The minimum atomic E-state index is -0.516. The van der Waals surface area contributed by atoms with Crippen molar-refractivity contribution < 1.29 is 14.3 Å². The first-order valence-electron chi connectivity index (χ1n) is 7.81. The van der Waals surface area contributed by atoms with Gasteiger partial charge >= 0.3 is 5.97 Å². The van der Waals surface area contributed by atoms with Crippen molar-refractivity contribution in [2.45, 2.75) is 11.3 Å². The van der Waals surface area contributed by atoms with E-state index in [2.05, 4.69) is 10.3 Å². The Morgan fingerprint density at radius 2 is 2.08 bits per heavy atom. The van der Waals surface area contributed by atoms with E-state index in [1.165, 1.54) is 17.8 Å². The van der Waals surface area contributed by atoms with Crippen molar-refractivity contribution in [3.8, 4) is 0 Å². The number of nitrogens with zero attached hydrogens (tertiary/aromatic N) is 1. The van der Waals surface area contributed by atoms with Crippen LogP contribution in [0.1, 0.15) is 17.3 Å². The fraction of sp³-hybridized carbons (Fsp3) is 0.167. The maximum absolute atomic E-state index is 12.2. The summed E-state index contributed by atoms with van der Waals surface area (Å²) >= 11 is 8.94. The Morgan fingerprint density at radius 1 is 1.27 bits per heavy atom. The van der Waals surface area contributed by atoms with Crippen LogP contribution in [0.2, 0.25) is 5.02 Å². The summed E-state index contributed by atoms with van der Waals surface area (Å²) in [7, 11) is 0. The van der Waals surface area contributed by atoms with Gasteiger partial charge in [0.05, 0.1) is 33.2 Å². The van der Waals surface area contributed by atoms with Gasteiger partial charge in [-0.1, -0.05) is 35.5 Å². The van der Waals surface area contributed by atoms with Crippen molar-refractivity contribution in [2.75, 3.05) is 17.7 Å². The van der Waals surface area contributed by atoms with Crippen LogP contribution in [0.4, 0.5) is 5.69 Å². The molecule has 0 aliphatic heterocycles. The fourth-order valence-corrected chi connectivity index (χ4v) is 4.27. The molecule has 0 unspecified atom stereocenters. The molecule has 0 saturated carbocycles. The smallest absolute Gasteiger partial charge is 0.339 e. The Balaban J connectivity index is 1.62. The van der Waals surface area contributed by atoms with E-state index in [4.69, 9.17) is 16.3 Å². The molecule has 26 heavy (non-hydrogen) atoms. The van der Waals surface area contributed by atoms with Crippen LogP contribution < -0.4 is 5.32 Å². The van der Waals surface area contributed by atoms with Gasteiger partial charge in [0.15, 0.2) is 4.34 Å². The van der Waals surface area contributed by atoms with Gasteiger partial charge < -0.3 is 10.1 Å². The summed E-state index contributed by atoms with van der Waals surface area (Å²) in [4.78, 5) is 28.5. The van der Waals surface area contributed by atoms with E-state index in [1.54, 1.807) is 30.4 Å². The third-order valence-corrected chi connectivity index (χ3v) is 5.86. The molecule has 0 saturated heterocycles. The van der Waals surface area contributed by atoms with Crippen molar-refractivity contribution in [1.82, 2.24) is 4.98 Å². The summed E-state index contributed by atoms with van der Waals surface area (Å²) in [6.45, 7) is 1.97. The first-order valence-corrected chi connectivity index (χ1v) is 9.99. The minimum Gasteiger partial charge on any atom is -0.462 e. The van der Waals surface area contributed by atoms with Gasteiger partial charge in [-0.2, -0.15) is 0 Å². The molecule has 2 aromatic carbocycles. The average molecular weight is 407 g/mol. The van der Waals surface area contributed by atoms with Crippen LogP contribution in [0.3, 0.4) is 0 Å². The maximum atomic E-state index is 12.2. The van der Waals surface area contributed by atoms with E-state index in [0.717, 1.165) is 14.6 Å². The maximum Gasteiger partial charge on any atom is 0.339 e. The highest BCUT2D eigenvalue weighted by atomic mass is 35.5. The third kappa shape index (κ3) is 4.55. The number of aromatic nitrogens is 1. The summed E-state index contributed by atoms with van der Waals surface area (Å²) < 4.78 is 6.88. The number of para-hydroxylation sites is 1. The number of esters is 1. The van der Waals surface area contributed by atoms with Crippen LogP contribution in [-0.2, 0) is 9.53 Å². The van der Waals surface area contributed by atoms with E-state index >= 15 is 0 Å². The Kier molecular flexibility index (Phi) is 6.13. The minimum absolute atomic E-state index is 0.189. The topological polar surface area (TPSA) is 68.3 Å². The molecule has 0 fully saturated rings. The number of benzene rings is 2. The number of ether oxygens (including phenoxy) is 1. The number of nitrogens with one attached hydrogen (secondary N) is 1. The molecule has 0 bridgehead atoms. The van der Waals surface area contributed by atoms with Crippen LogP contribution in [0.5, 0.6) is 0 Å². The second-order valence-corrected chi connectivity index (χ2v) is 7.86. The van der Waals surface area contributed by atoms with E-state index in [9.17, 15) is 9.59 Å². The van der Waals surface area contributed by atoms with E-state index in [1.807, 2.05) is 24.3 Å². The second kappa shape index (κ2) is 8.53. The molecule has 1 heterocycles. The van der Waals surface area contributed by atoms with Crippen LogP contribution in [0.15, 0.2) is 46.8 Å². The monoisotopic (exact) mass is 406 g/mol. The molecule has 8 heteroatoms. The molecule has 0 atom stereocenters. The van der Waals surface area contributed by atoms with Gasteiger partial charge in [-0.25, -0.2) is 9.78 Å².